The molecule has 1 aromatic heterocycles. The molecular weight excluding hydrogens is 278 g/mol. The van der Waals surface area contributed by atoms with Gasteiger partial charge >= 0.3 is 0 Å². The minimum Gasteiger partial charge on any atom is -0.312 e. The van der Waals surface area contributed by atoms with E-state index in [0.717, 1.165) is 18.4 Å². The van der Waals surface area contributed by atoms with Crippen LogP contribution in [0.3, 0.4) is 0 Å². The highest BCUT2D eigenvalue weighted by atomic mass is 32.2. The van der Waals surface area contributed by atoms with Gasteiger partial charge < -0.3 is 4.57 Å². The molecule has 0 N–H and O–H groups in total. The largest absolute Gasteiger partial charge is 0.312 e. The third kappa shape index (κ3) is 2.73. The van der Waals surface area contributed by atoms with Crippen LogP contribution in [-0.2, 0) is 20.9 Å². The van der Waals surface area contributed by atoms with Crippen LogP contribution in [0.1, 0.15) is 30.3 Å². The Hall–Kier alpha value is -1.73. The quantitative estimate of drug-likeness (QED) is 0.786. The van der Waals surface area contributed by atoms with Gasteiger partial charge in [-0.1, -0.05) is 17.7 Å². The second kappa shape index (κ2) is 4.99. The Morgan fingerprint density at radius 3 is 2.65 bits per heavy atom. The van der Waals surface area contributed by atoms with Gasteiger partial charge in [0.05, 0.1) is 4.90 Å². The second-order valence-corrected chi connectivity index (χ2v) is 6.53. The van der Waals surface area contributed by atoms with Crippen LogP contribution in [-0.4, -0.2) is 23.2 Å². The van der Waals surface area contributed by atoms with Crippen LogP contribution < -0.4 is 0 Å². The normalized spacial score (nSPS) is 15.4. The van der Waals surface area contributed by atoms with Gasteiger partial charge in [-0.05, 0) is 31.9 Å². The van der Waals surface area contributed by atoms with Gasteiger partial charge in [0.15, 0.2) is 5.82 Å². The molecule has 1 heterocycles. The van der Waals surface area contributed by atoms with Crippen LogP contribution in [0.5, 0.6) is 0 Å². The number of aryl methyl sites for hydroxylation is 1. The van der Waals surface area contributed by atoms with Crippen molar-refractivity contribution < 1.29 is 12.6 Å². The first-order valence-electron chi connectivity index (χ1n) is 6.41. The number of hydrogen-bond donors (Lipinski definition) is 0. The molecule has 2 aromatic rings. The third-order valence-corrected chi connectivity index (χ3v) is 4.52. The Bertz CT molecular complexity index is 703. The van der Waals surface area contributed by atoms with Gasteiger partial charge in [-0.3, -0.25) is 4.18 Å². The zero-order valence-electron chi connectivity index (χ0n) is 11.1. The average molecular weight is 293 g/mol. The Morgan fingerprint density at radius 1 is 1.30 bits per heavy atom. The van der Waals surface area contributed by atoms with Crippen molar-refractivity contribution in [1.82, 2.24) is 14.8 Å². The molecule has 0 bridgehead atoms. The Kier molecular flexibility index (Phi) is 3.31. The minimum atomic E-state index is -3.76. The van der Waals surface area contributed by atoms with Crippen molar-refractivity contribution in [3.05, 3.63) is 42.0 Å². The summed E-state index contributed by atoms with van der Waals surface area (Å²) in [7, 11) is -3.76. The van der Waals surface area contributed by atoms with Crippen LogP contribution in [0.25, 0.3) is 0 Å². The van der Waals surface area contributed by atoms with E-state index >= 15 is 0 Å². The van der Waals surface area contributed by atoms with E-state index in [-0.39, 0.29) is 11.5 Å². The molecule has 20 heavy (non-hydrogen) atoms. The van der Waals surface area contributed by atoms with Gasteiger partial charge in [0.1, 0.15) is 12.9 Å². The fraction of sp³-hybridized carbons (Fsp3) is 0.385. The fourth-order valence-corrected chi connectivity index (χ4v) is 2.80. The van der Waals surface area contributed by atoms with Crippen LogP contribution in [0.15, 0.2) is 35.5 Å². The second-order valence-electron chi connectivity index (χ2n) is 4.91. The van der Waals surface area contributed by atoms with Crippen molar-refractivity contribution in [2.24, 2.45) is 0 Å². The highest BCUT2D eigenvalue weighted by molar-refractivity contribution is 7.86. The van der Waals surface area contributed by atoms with Crippen molar-refractivity contribution >= 4 is 10.1 Å². The van der Waals surface area contributed by atoms with E-state index < -0.39 is 10.1 Å². The molecule has 0 amide bonds. The van der Waals surface area contributed by atoms with E-state index in [9.17, 15) is 8.42 Å². The summed E-state index contributed by atoms with van der Waals surface area (Å²) in [5.74, 6) is 0.545. The van der Waals surface area contributed by atoms with Crippen LogP contribution in [0, 0.1) is 6.92 Å². The molecule has 3 rings (SSSR count). The molecule has 1 fully saturated rings. The summed E-state index contributed by atoms with van der Waals surface area (Å²) in [5.41, 5.74) is 0.998. The van der Waals surface area contributed by atoms with Gasteiger partial charge in [0, 0.05) is 6.04 Å². The fourth-order valence-electron chi connectivity index (χ4n) is 1.93. The predicted molar refractivity (Wildman–Crippen MR) is 71.4 cm³/mol. The lowest BCUT2D eigenvalue weighted by Crippen LogP contribution is -2.10. The molecule has 0 atom stereocenters. The highest BCUT2D eigenvalue weighted by Crippen LogP contribution is 2.35. The van der Waals surface area contributed by atoms with Crippen molar-refractivity contribution in [3.63, 3.8) is 0 Å². The first kappa shape index (κ1) is 13.3. The molecule has 0 unspecified atom stereocenters. The van der Waals surface area contributed by atoms with Crippen LogP contribution in [0.4, 0.5) is 0 Å². The lowest BCUT2D eigenvalue weighted by atomic mass is 10.2. The number of benzene rings is 1. The van der Waals surface area contributed by atoms with Gasteiger partial charge in [-0.2, -0.15) is 8.42 Å². The van der Waals surface area contributed by atoms with Gasteiger partial charge in [0.25, 0.3) is 10.1 Å². The lowest BCUT2D eigenvalue weighted by molar-refractivity contribution is 0.292. The number of rotatable bonds is 5. The SMILES string of the molecule is Cc1ccc(S(=O)(=O)OCc2nncn2C2CC2)cc1. The van der Waals surface area contributed by atoms with E-state index in [1.807, 2.05) is 11.5 Å². The first-order valence-corrected chi connectivity index (χ1v) is 7.81. The van der Waals surface area contributed by atoms with Gasteiger partial charge in [-0.25, -0.2) is 0 Å². The number of aromatic nitrogens is 3. The van der Waals surface area contributed by atoms with E-state index in [0.29, 0.717) is 11.9 Å². The summed E-state index contributed by atoms with van der Waals surface area (Å²) in [6.07, 6.45) is 3.78. The Labute approximate surface area is 117 Å². The minimum absolute atomic E-state index is 0.0906. The topological polar surface area (TPSA) is 74.1 Å². The molecule has 0 saturated heterocycles. The summed E-state index contributed by atoms with van der Waals surface area (Å²) < 4.78 is 31.1. The predicted octanol–water partition coefficient (Wildman–Crippen LogP) is 1.83. The van der Waals surface area contributed by atoms with Crippen molar-refractivity contribution in [1.29, 1.82) is 0 Å². The number of hydrogen-bond acceptors (Lipinski definition) is 5. The number of nitrogens with zero attached hydrogens (tertiary/aromatic N) is 3. The highest BCUT2D eigenvalue weighted by Gasteiger charge is 2.27. The lowest BCUT2D eigenvalue weighted by Gasteiger charge is -2.07. The zero-order chi connectivity index (χ0) is 14.2. The standard InChI is InChI=1S/C13H15N3O3S/c1-10-2-6-12(7-3-10)20(17,18)19-8-13-15-14-9-16(13)11-4-5-11/h2-3,6-7,9,11H,4-5,8H2,1H3. The van der Waals surface area contributed by atoms with Crippen LogP contribution >= 0.6 is 0 Å². The molecule has 0 radical (unpaired) electrons. The first-order chi connectivity index (χ1) is 9.56. The summed E-state index contributed by atoms with van der Waals surface area (Å²) >= 11 is 0. The smallest absolute Gasteiger partial charge is 0.297 e. The molecule has 6 nitrogen and oxygen atoms in total. The molecule has 1 aliphatic rings. The summed E-state index contributed by atoms with van der Waals surface area (Å²) in [6.45, 7) is 1.81. The van der Waals surface area contributed by atoms with E-state index in [2.05, 4.69) is 10.2 Å². The molecule has 106 valence electrons. The van der Waals surface area contributed by atoms with Crippen LogP contribution in [0.2, 0.25) is 0 Å². The monoisotopic (exact) mass is 293 g/mol. The molecule has 0 aliphatic heterocycles. The molecule has 7 heteroatoms. The summed E-state index contributed by atoms with van der Waals surface area (Å²) in [6, 6.07) is 6.95. The van der Waals surface area contributed by atoms with Crippen molar-refractivity contribution in [2.75, 3.05) is 0 Å². The maximum absolute atomic E-state index is 12.1. The van der Waals surface area contributed by atoms with Crippen molar-refractivity contribution in [2.45, 2.75) is 37.3 Å². The molecule has 1 saturated carbocycles. The average Bonchev–Trinajstić information content (AvgIpc) is 3.16. The Morgan fingerprint density at radius 2 is 2.00 bits per heavy atom. The van der Waals surface area contributed by atoms with E-state index in [4.69, 9.17) is 4.18 Å². The van der Waals surface area contributed by atoms with Gasteiger partial charge in [-0.15, -0.1) is 10.2 Å². The van der Waals surface area contributed by atoms with E-state index in [1.54, 1.807) is 18.5 Å². The molecule has 1 aliphatic carbocycles. The zero-order valence-corrected chi connectivity index (χ0v) is 11.9. The molecule has 1 aromatic carbocycles. The Balaban J connectivity index is 1.73. The van der Waals surface area contributed by atoms with Crippen molar-refractivity contribution in [3.8, 4) is 0 Å². The molecule has 0 spiro atoms. The maximum atomic E-state index is 12.1. The van der Waals surface area contributed by atoms with E-state index in [1.165, 1.54) is 12.1 Å². The third-order valence-electron chi connectivity index (χ3n) is 3.24. The molecular formula is C13H15N3O3S. The maximum Gasteiger partial charge on any atom is 0.297 e. The summed E-state index contributed by atoms with van der Waals surface area (Å²) in [5, 5.41) is 7.72. The van der Waals surface area contributed by atoms with Gasteiger partial charge in [0.2, 0.25) is 0 Å². The summed E-state index contributed by atoms with van der Waals surface area (Å²) in [4.78, 5) is 0.153.